The van der Waals surface area contributed by atoms with Crippen LogP contribution in [0.4, 0.5) is 46.0 Å². The van der Waals surface area contributed by atoms with Crippen molar-refractivity contribution in [2.45, 2.75) is 107 Å². The first-order valence-electron chi connectivity index (χ1n) is 42.1. The number of non-ortho nitro benzene ring substituents is 1. The molecule has 4 aromatic heterocycles. The fourth-order valence-electron chi connectivity index (χ4n) is 12.9. The Morgan fingerprint density at radius 1 is 0.397 bits per heavy atom. The monoisotopic (exact) mass is 2060 g/mol. The number of carboxylic acid groups (broad SMARTS) is 2. The van der Waals surface area contributed by atoms with Crippen LogP contribution in [0.5, 0.6) is 57.5 Å². The molecule has 14 rings (SSSR count). The Morgan fingerprint density at radius 2 is 0.740 bits per heavy atom. The molecule has 0 saturated heterocycles. The molecule has 51 heteroatoms. The van der Waals surface area contributed by atoms with Gasteiger partial charge in [0.05, 0.1) is 138 Å². The van der Waals surface area contributed by atoms with Crippen LogP contribution in [-0.4, -0.2) is 226 Å². The van der Waals surface area contributed by atoms with E-state index in [9.17, 15) is 79.1 Å². The molecule has 3 saturated carbocycles. The van der Waals surface area contributed by atoms with E-state index < -0.39 is 49.5 Å². The smallest absolute Gasteiger partial charge is 0.870 e. The molecule has 3 fully saturated rings. The van der Waals surface area contributed by atoms with Crippen molar-refractivity contribution >= 4 is 87.4 Å². The average Bonchev–Trinajstić information content (AvgIpc) is 1.65. The van der Waals surface area contributed by atoms with Crippen molar-refractivity contribution in [2.75, 3.05) is 135 Å². The number of ketones is 2. The summed E-state index contributed by atoms with van der Waals surface area (Å²) >= 11 is 0. The summed E-state index contributed by atoms with van der Waals surface area (Å²) < 4.78 is 69.9. The number of aryl methyl sites for hydroxylation is 3. The van der Waals surface area contributed by atoms with Crippen LogP contribution in [0.1, 0.15) is 179 Å². The predicted molar refractivity (Wildman–Crippen MR) is 540 cm³/mol. The number of methoxy groups -OCH3 is 13. The second-order valence-corrected chi connectivity index (χ2v) is 30.0. The van der Waals surface area contributed by atoms with Crippen LogP contribution in [0.15, 0.2) is 141 Å². The Hall–Kier alpha value is -16.4. The maximum atomic E-state index is 12.6. The number of Topliss-reactive ketones (excluding diaryl/α,β-unsaturated/α-hetero) is 2. The number of anilines is 5. The van der Waals surface area contributed by atoms with Gasteiger partial charge < -0.3 is 146 Å². The number of aliphatic hydroxyl groups is 1. The van der Waals surface area contributed by atoms with Crippen LogP contribution in [-0.2, 0) is 14.2 Å². The van der Waals surface area contributed by atoms with Gasteiger partial charge in [0.1, 0.15) is 75.6 Å². The summed E-state index contributed by atoms with van der Waals surface area (Å²) in [5.74, 6) is 2.07. The first-order valence-corrected chi connectivity index (χ1v) is 42.1. The molecule has 16 N–H and O–H groups in total. The summed E-state index contributed by atoms with van der Waals surface area (Å²) in [7, 11) is 19.2. The van der Waals surface area contributed by atoms with Crippen molar-refractivity contribution in [3.8, 4) is 74.6 Å². The number of nitrogen functional groups attached to an aromatic ring is 5. The zero-order chi connectivity index (χ0) is 105. The molecule has 0 spiro atoms. The quantitative estimate of drug-likeness (QED) is 0.00371. The number of benzene rings is 7. The third-order valence-corrected chi connectivity index (χ3v) is 20.4. The van der Waals surface area contributed by atoms with E-state index in [2.05, 4.69) is 34.1 Å². The van der Waals surface area contributed by atoms with Gasteiger partial charge in [-0.2, -0.15) is 0 Å². The van der Waals surface area contributed by atoms with Crippen LogP contribution in [0.25, 0.3) is 17.1 Å². The molecule has 3 aliphatic carbocycles. The van der Waals surface area contributed by atoms with Crippen LogP contribution in [0.2, 0.25) is 0 Å². The van der Waals surface area contributed by atoms with Gasteiger partial charge in [-0.15, -0.1) is 0 Å². The molecule has 0 unspecified atom stereocenters. The number of ether oxygens (including phenoxy) is 13. The number of aromatic nitrogens is 8. The number of imidazole rings is 4. The van der Waals surface area contributed by atoms with E-state index in [-0.39, 0.29) is 134 Å². The van der Waals surface area contributed by atoms with Crippen molar-refractivity contribution in [3.63, 3.8) is 0 Å². The van der Waals surface area contributed by atoms with E-state index in [1.807, 2.05) is 36.6 Å². The van der Waals surface area contributed by atoms with Crippen LogP contribution < -0.4 is 111 Å². The number of carbonyl (C=O) groups excluding carboxylic acids is 5. The van der Waals surface area contributed by atoms with Crippen molar-refractivity contribution in [1.82, 2.24) is 38.3 Å². The van der Waals surface area contributed by atoms with Gasteiger partial charge in [0, 0.05) is 63.8 Å². The van der Waals surface area contributed by atoms with Gasteiger partial charge in [-0.25, -0.2) is 44.1 Å². The fraction of sp³-hybridized carbons (Fsp3) is 0.358. The SMILES string of the molecule is C.C.C.CO.COC(=O)c1cc(N)cc(OC)c1OC.COC(=O)c1cc([N+](=O)[O-])cc(OC)c1OC.COC(=O)c1cccc(C)c1OC.COc1c(C)cc(-n2cnc(N)c2)cc1C(=O)CCC1CC1.COc1c(C)cc(-n2cnc([N+](=O)[O-])c2)cc1C(=O)O.COc1c(N)cc(-n2cnc(N)c2)cc1C(=O)CCC1CC1.COc1cc(N)cc(C(=O)O)c1OC.NCC1CC1.O=[N+]([O-])c1cn([N+](=O)[O-])cn1.[HH].[HH].[Na+].[OH-]. The Labute approximate surface area is 866 Å². The maximum absolute atomic E-state index is 12.6. The minimum Gasteiger partial charge on any atom is -0.870 e. The fourth-order valence-corrected chi connectivity index (χ4v) is 12.9. The summed E-state index contributed by atoms with van der Waals surface area (Å²) in [6.07, 6.45) is 21.4. The van der Waals surface area contributed by atoms with Crippen LogP contribution in [0, 0.1) is 79.0 Å². The minimum atomic E-state index is -1.14. The summed E-state index contributed by atoms with van der Waals surface area (Å²) in [4.78, 5) is 135. The van der Waals surface area contributed by atoms with Gasteiger partial charge in [-0.1, -0.05) is 60.1 Å². The first kappa shape index (κ1) is 130. The number of esters is 3. The summed E-state index contributed by atoms with van der Waals surface area (Å²) in [5, 5.41) is 65.4. The summed E-state index contributed by atoms with van der Waals surface area (Å²) in [6, 6.07) is 23.9. The maximum Gasteiger partial charge on any atom is 1.00 e. The number of carboxylic acids is 2. The molecule has 11 aromatic rings. The minimum absolute atomic E-state index is 0. The van der Waals surface area contributed by atoms with E-state index in [1.165, 1.54) is 171 Å². The molecular formula is C95H131N18NaO32. The van der Waals surface area contributed by atoms with Gasteiger partial charge in [-0.3, -0.25) is 24.3 Å². The van der Waals surface area contributed by atoms with E-state index in [0.717, 1.165) is 79.4 Å². The average molecular weight is 2060 g/mol. The normalized spacial score (nSPS) is 11.1. The number of carbonyl (C=O) groups is 7. The first-order chi connectivity index (χ1) is 67.1. The number of hydrogen-bond donors (Lipinski definition) is 9. The van der Waals surface area contributed by atoms with Gasteiger partial charge in [-0.05, 0) is 167 Å². The Bertz CT molecular complexity index is 6060. The Morgan fingerprint density at radius 3 is 1.08 bits per heavy atom. The van der Waals surface area contributed by atoms with Gasteiger partial charge in [0.2, 0.25) is 6.33 Å². The number of aromatic carboxylic acids is 2. The third-order valence-electron chi connectivity index (χ3n) is 20.4. The standard InChI is InChI=1S/C17H21N3O2.C16H20N4O2.C12H11N3O5.C10H11NO6.C10H13NO4.C10H12O3.C9H11NO4.C4H9N.C3H2N4O4.CH4O.3CH4.Na.H2O.2H2/c1-11-7-13(20-9-16(18)19-10-20)8-14(17(11)22-2)15(21)6-5-12-3-4-12;1-22-16-12(14(21)5-4-10-2-3-10)6-11(7-13(16)17)20-8-15(18)19-9-20;1-7-3-8(4-9(12(16)17)11(7)20-2)14-5-10(13-6-14)15(18)19;1-15-8-5-6(11(13)14)4-7(9(8)16-2)10(12)17-3;1-13-8-5-6(11)4-7(9(8)14-2)10(12)15-3;1-7-5-4-6-8(9(7)12-2)10(11)13-3;1-13-7-4-5(10)3-6(9(11)12)8(7)14-2;5-3-4-1-2-4;8-6(9)3-1-5(2-4-3)7(10)11;1-2;;;;;;;/h7-10,12H,3-6,18H2,1-2H3;6-10H,2-5,17-18H2,1H3;3-6H,1-2H3,(H,16,17);4-5H,1-3H3;4-5H,11H2,1-3H3;4-6H,1-3H3;3-4H,10H2,1-2H3,(H,11,12);4H,1-3,5H2;1-2H;2H,1H3;3*1H4;;1H2;2*1H/q;;;;;;;;;;;;;+1;;;/p-1. The van der Waals surface area contributed by atoms with Crippen LogP contribution in [0.3, 0.4) is 0 Å². The second-order valence-electron chi connectivity index (χ2n) is 30.0. The molecule has 4 heterocycles. The number of nitro benzene ring substituents is 1. The van der Waals surface area contributed by atoms with Gasteiger partial charge >= 0.3 is 71.0 Å². The molecule has 0 atom stereocenters. The zero-order valence-corrected chi connectivity index (χ0v) is 83.8. The number of hydrogen-bond acceptors (Lipinski definition) is 40. The summed E-state index contributed by atoms with van der Waals surface area (Å²) in [5.41, 5.74) is 40.9. The molecule has 146 heavy (non-hydrogen) atoms. The molecule has 0 amide bonds. The van der Waals surface area contributed by atoms with E-state index in [1.54, 1.807) is 80.0 Å². The van der Waals surface area contributed by atoms with E-state index >= 15 is 0 Å². The van der Waals surface area contributed by atoms with Crippen molar-refractivity contribution in [3.05, 3.63) is 237 Å². The van der Waals surface area contributed by atoms with Crippen molar-refractivity contribution in [1.29, 1.82) is 0 Å². The molecule has 0 aliphatic heterocycles. The number of aliphatic hydroxyl groups excluding tert-OH is 1. The predicted octanol–water partition coefficient (Wildman–Crippen LogP) is 11.6. The number of nitro groups is 4. The Balaban J connectivity index is -0.00000161. The summed E-state index contributed by atoms with van der Waals surface area (Å²) in [6.45, 7) is 6.44. The van der Waals surface area contributed by atoms with Gasteiger partial charge in [0.25, 0.3) is 12.0 Å². The number of para-hydroxylation sites is 1. The Kier molecular flexibility index (Phi) is 56.3. The molecule has 794 valence electrons. The van der Waals surface area contributed by atoms with Crippen LogP contribution >= 0.6 is 0 Å². The number of nitrogens with two attached hydrogens (primary N) is 6. The van der Waals surface area contributed by atoms with Crippen molar-refractivity contribution < 1.29 is 168 Å². The molecule has 0 bridgehead atoms. The second kappa shape index (κ2) is 63.5. The number of rotatable bonds is 31. The van der Waals surface area contributed by atoms with E-state index in [0.29, 0.717) is 115 Å². The molecule has 50 nitrogen and oxygen atoms in total. The topological polar surface area (TPSA) is 730 Å². The van der Waals surface area contributed by atoms with Gasteiger partial charge in [0.15, 0.2) is 63.0 Å². The number of nitrogens with zero attached hydrogens (tertiary/aromatic N) is 12. The molecule has 3 aliphatic rings. The van der Waals surface area contributed by atoms with Crippen molar-refractivity contribution in [2.24, 2.45) is 23.5 Å². The zero-order valence-electron chi connectivity index (χ0n) is 81.8. The van der Waals surface area contributed by atoms with E-state index in [4.69, 9.17) is 92.0 Å². The molecule has 7 aromatic carbocycles. The third kappa shape index (κ3) is 37.8. The molecular weight excluding hydrogens is 1930 g/mol. The largest absolute Gasteiger partial charge is 1.00 e. The molecule has 0 radical (unpaired) electrons.